The van der Waals surface area contributed by atoms with Crippen LogP contribution < -0.4 is 5.32 Å². The molecule has 0 aliphatic carbocycles. The number of carbonyl (C=O) groups is 2. The highest BCUT2D eigenvalue weighted by atomic mass is 35.7. The Labute approximate surface area is 133 Å². The number of amides is 1. The molecule has 122 valence electrons. The highest BCUT2D eigenvalue weighted by molar-refractivity contribution is 8.13. The van der Waals surface area contributed by atoms with Gasteiger partial charge in [0.2, 0.25) is 9.05 Å². The summed E-state index contributed by atoms with van der Waals surface area (Å²) in [7, 11) is 2.43. The molecule has 0 fully saturated rings. The Balaban J connectivity index is 2.53. The fourth-order valence-corrected chi connectivity index (χ4v) is 2.34. The number of esters is 1. The van der Waals surface area contributed by atoms with Gasteiger partial charge in [-0.25, -0.2) is 18.0 Å². The third-order valence-corrected chi connectivity index (χ3v) is 3.83. The molecule has 0 bridgehead atoms. The maximum absolute atomic E-state index is 11.6. The van der Waals surface area contributed by atoms with Gasteiger partial charge >= 0.3 is 12.1 Å². The average molecular weight is 350 g/mol. The molecular weight excluding hydrogens is 334 g/mol. The Kier molecular flexibility index (Phi) is 7.13. The van der Waals surface area contributed by atoms with E-state index >= 15 is 0 Å². The fourth-order valence-electron chi connectivity index (χ4n) is 1.56. The summed E-state index contributed by atoms with van der Waals surface area (Å²) in [6, 6.07) is 7.79. The van der Waals surface area contributed by atoms with Crippen LogP contribution in [0.1, 0.15) is 12.0 Å². The van der Waals surface area contributed by atoms with Gasteiger partial charge in [0.1, 0.15) is 12.6 Å². The summed E-state index contributed by atoms with van der Waals surface area (Å²) in [5.74, 6) is -1.26. The lowest BCUT2D eigenvalue weighted by atomic mass is 10.2. The van der Waals surface area contributed by atoms with Gasteiger partial charge in [-0.15, -0.1) is 0 Å². The SMILES string of the molecule is COC(=O)C(CCS(=O)(=O)Cl)NC(=O)OCc1ccccc1. The molecule has 1 N–H and O–H groups in total. The number of benzene rings is 1. The topological polar surface area (TPSA) is 98.8 Å². The van der Waals surface area contributed by atoms with Gasteiger partial charge in [-0.2, -0.15) is 0 Å². The second-order valence-corrected chi connectivity index (χ2v) is 7.21. The van der Waals surface area contributed by atoms with Crippen molar-refractivity contribution in [3.63, 3.8) is 0 Å². The minimum Gasteiger partial charge on any atom is -0.467 e. The molecule has 0 radical (unpaired) electrons. The van der Waals surface area contributed by atoms with Crippen molar-refractivity contribution in [1.29, 1.82) is 0 Å². The van der Waals surface area contributed by atoms with E-state index in [9.17, 15) is 18.0 Å². The minimum atomic E-state index is -3.78. The second-order valence-electron chi connectivity index (χ2n) is 4.31. The van der Waals surface area contributed by atoms with Gasteiger partial charge in [0, 0.05) is 10.7 Å². The minimum absolute atomic E-state index is 0.0222. The second kappa shape index (κ2) is 8.60. The molecule has 0 aliphatic rings. The van der Waals surface area contributed by atoms with Crippen LogP contribution in [0.15, 0.2) is 30.3 Å². The molecule has 1 amide bonds. The Morgan fingerprint density at radius 2 is 1.91 bits per heavy atom. The van der Waals surface area contributed by atoms with Crippen molar-refractivity contribution < 1.29 is 27.5 Å². The summed E-state index contributed by atoms with van der Waals surface area (Å²) in [5, 5.41) is 2.25. The summed E-state index contributed by atoms with van der Waals surface area (Å²) >= 11 is 0. The molecule has 1 atom stereocenters. The molecule has 1 unspecified atom stereocenters. The van der Waals surface area contributed by atoms with E-state index in [1.165, 1.54) is 0 Å². The first kappa shape index (κ1) is 18.2. The molecule has 7 nitrogen and oxygen atoms in total. The van der Waals surface area contributed by atoms with E-state index in [0.717, 1.165) is 12.7 Å². The van der Waals surface area contributed by atoms with Crippen LogP contribution in [0.4, 0.5) is 4.79 Å². The largest absolute Gasteiger partial charge is 0.467 e. The zero-order valence-corrected chi connectivity index (χ0v) is 13.4. The number of rotatable bonds is 7. The Morgan fingerprint density at radius 1 is 1.27 bits per heavy atom. The van der Waals surface area contributed by atoms with Crippen LogP contribution in [0.5, 0.6) is 0 Å². The van der Waals surface area contributed by atoms with Crippen molar-refractivity contribution in [2.24, 2.45) is 0 Å². The molecule has 1 aromatic carbocycles. The van der Waals surface area contributed by atoms with E-state index in [4.69, 9.17) is 15.4 Å². The summed E-state index contributed by atoms with van der Waals surface area (Å²) in [4.78, 5) is 23.2. The van der Waals surface area contributed by atoms with Gasteiger partial charge < -0.3 is 14.8 Å². The fraction of sp³-hybridized carbons (Fsp3) is 0.385. The highest BCUT2D eigenvalue weighted by Crippen LogP contribution is 2.05. The van der Waals surface area contributed by atoms with Crippen molar-refractivity contribution in [2.75, 3.05) is 12.9 Å². The van der Waals surface area contributed by atoms with E-state index in [2.05, 4.69) is 10.1 Å². The number of halogens is 1. The quantitative estimate of drug-likeness (QED) is 0.590. The number of carbonyl (C=O) groups excluding carboxylic acids is 2. The van der Waals surface area contributed by atoms with Crippen LogP contribution in [0.2, 0.25) is 0 Å². The molecule has 22 heavy (non-hydrogen) atoms. The molecule has 9 heteroatoms. The lowest BCUT2D eigenvalue weighted by Crippen LogP contribution is -2.42. The predicted molar refractivity (Wildman–Crippen MR) is 79.8 cm³/mol. The Hall–Kier alpha value is -1.80. The molecule has 1 rings (SSSR count). The van der Waals surface area contributed by atoms with Crippen molar-refractivity contribution in [1.82, 2.24) is 5.32 Å². The smallest absolute Gasteiger partial charge is 0.408 e. The third-order valence-electron chi connectivity index (χ3n) is 2.64. The Bertz CT molecular complexity index is 604. The predicted octanol–water partition coefficient (Wildman–Crippen LogP) is 1.41. The van der Waals surface area contributed by atoms with Crippen molar-refractivity contribution in [2.45, 2.75) is 19.1 Å². The number of hydrogen-bond donors (Lipinski definition) is 1. The highest BCUT2D eigenvalue weighted by Gasteiger charge is 2.24. The molecular formula is C13H16ClNO6S. The van der Waals surface area contributed by atoms with Gasteiger partial charge in [-0.1, -0.05) is 30.3 Å². The third kappa shape index (κ3) is 7.28. The van der Waals surface area contributed by atoms with Crippen LogP contribution >= 0.6 is 10.7 Å². The first-order valence-corrected chi connectivity index (χ1v) is 8.77. The zero-order chi connectivity index (χ0) is 16.6. The summed E-state index contributed by atoms with van der Waals surface area (Å²) < 4.78 is 31.3. The summed E-state index contributed by atoms with van der Waals surface area (Å²) in [6.45, 7) is 0.0222. The number of hydrogen-bond acceptors (Lipinski definition) is 6. The molecule has 0 aromatic heterocycles. The van der Waals surface area contributed by atoms with Crippen LogP contribution in [0.3, 0.4) is 0 Å². The number of ether oxygens (including phenoxy) is 2. The number of nitrogens with one attached hydrogen (secondary N) is 1. The van der Waals surface area contributed by atoms with Crippen LogP contribution in [0.25, 0.3) is 0 Å². The molecule has 0 saturated carbocycles. The summed E-state index contributed by atoms with van der Waals surface area (Å²) in [5.41, 5.74) is 0.774. The van der Waals surface area contributed by atoms with Crippen LogP contribution in [-0.4, -0.2) is 39.4 Å². The molecule has 0 aliphatic heterocycles. The lowest BCUT2D eigenvalue weighted by Gasteiger charge is -2.15. The first-order valence-electron chi connectivity index (χ1n) is 6.29. The molecule has 0 saturated heterocycles. The van der Waals surface area contributed by atoms with Crippen LogP contribution in [0, 0.1) is 0 Å². The van der Waals surface area contributed by atoms with Gasteiger partial charge in [-0.3, -0.25) is 0 Å². The zero-order valence-electron chi connectivity index (χ0n) is 11.8. The van der Waals surface area contributed by atoms with E-state index in [0.29, 0.717) is 0 Å². The van der Waals surface area contributed by atoms with E-state index in [-0.39, 0.29) is 13.0 Å². The van der Waals surface area contributed by atoms with E-state index < -0.39 is 32.9 Å². The maximum Gasteiger partial charge on any atom is 0.408 e. The van der Waals surface area contributed by atoms with Gasteiger partial charge in [0.25, 0.3) is 0 Å². The van der Waals surface area contributed by atoms with Crippen molar-refractivity contribution in [3.8, 4) is 0 Å². The maximum atomic E-state index is 11.6. The molecule has 0 heterocycles. The average Bonchev–Trinajstić information content (AvgIpc) is 2.48. The standard InChI is InChI=1S/C13H16ClNO6S/c1-20-12(16)11(7-8-22(14,18)19)15-13(17)21-9-10-5-3-2-4-6-10/h2-6,11H,7-9H2,1H3,(H,15,17). The lowest BCUT2D eigenvalue weighted by molar-refractivity contribution is -0.143. The normalized spacial score (nSPS) is 12.3. The Morgan fingerprint density at radius 3 is 2.45 bits per heavy atom. The van der Waals surface area contributed by atoms with Crippen LogP contribution in [-0.2, 0) is 29.9 Å². The molecule has 0 spiro atoms. The van der Waals surface area contributed by atoms with Gasteiger partial charge in [0.05, 0.1) is 12.9 Å². The summed E-state index contributed by atoms with van der Waals surface area (Å²) in [6.07, 6.45) is -1.06. The van der Waals surface area contributed by atoms with E-state index in [1.54, 1.807) is 24.3 Å². The van der Waals surface area contributed by atoms with Crippen molar-refractivity contribution >= 4 is 31.8 Å². The first-order chi connectivity index (χ1) is 10.3. The van der Waals surface area contributed by atoms with Gasteiger partial charge in [0.15, 0.2) is 0 Å². The van der Waals surface area contributed by atoms with Crippen molar-refractivity contribution in [3.05, 3.63) is 35.9 Å². The number of alkyl carbamates (subject to hydrolysis) is 1. The monoisotopic (exact) mass is 349 g/mol. The van der Waals surface area contributed by atoms with Gasteiger partial charge in [-0.05, 0) is 12.0 Å². The van der Waals surface area contributed by atoms with E-state index in [1.807, 2.05) is 6.07 Å². The number of methoxy groups -OCH3 is 1. The molecule has 1 aromatic rings.